The molecule has 0 saturated heterocycles. The predicted octanol–water partition coefficient (Wildman–Crippen LogP) is 11.5. The lowest BCUT2D eigenvalue weighted by Gasteiger charge is -2.23. The molecular formula is C44H54O7. The highest BCUT2D eigenvalue weighted by Crippen LogP contribution is 2.44. The average Bonchev–Trinajstić information content (AvgIpc) is 3.13. The van der Waals surface area contributed by atoms with E-state index in [9.17, 15) is 9.59 Å². The maximum Gasteiger partial charge on any atom is 0.333 e. The second kappa shape index (κ2) is 20.2. The second-order valence-corrected chi connectivity index (χ2v) is 13.3. The summed E-state index contributed by atoms with van der Waals surface area (Å²) in [5.74, 6) is 1.80. The van der Waals surface area contributed by atoms with Crippen LogP contribution in [0.5, 0.6) is 23.0 Å². The minimum atomic E-state index is -0.448. The lowest BCUT2D eigenvalue weighted by Crippen LogP contribution is -2.26. The van der Waals surface area contributed by atoms with Gasteiger partial charge < -0.3 is 23.7 Å². The van der Waals surface area contributed by atoms with Crippen LogP contribution in [0.1, 0.15) is 91.9 Å². The van der Waals surface area contributed by atoms with E-state index in [1.165, 1.54) is 0 Å². The number of unbranched alkanes of at least 4 members (excludes halogenated alkanes) is 6. The van der Waals surface area contributed by atoms with Gasteiger partial charge in [0.2, 0.25) is 0 Å². The van der Waals surface area contributed by atoms with Crippen LogP contribution < -0.4 is 14.2 Å². The van der Waals surface area contributed by atoms with E-state index in [1.54, 1.807) is 13.8 Å². The molecule has 4 aromatic rings. The molecule has 51 heavy (non-hydrogen) atoms. The van der Waals surface area contributed by atoms with E-state index in [-0.39, 0.29) is 13.2 Å². The number of carbonyl (C=O) groups is 2. The third-order valence-electron chi connectivity index (χ3n) is 8.71. The Balaban J connectivity index is 1.75. The van der Waals surface area contributed by atoms with Crippen LogP contribution in [-0.4, -0.2) is 37.4 Å². The first-order valence-corrected chi connectivity index (χ1v) is 18.4. The van der Waals surface area contributed by atoms with E-state index in [0.717, 1.165) is 72.9 Å². The molecule has 0 saturated carbocycles. The van der Waals surface area contributed by atoms with Gasteiger partial charge in [-0.05, 0) is 69.9 Å². The Morgan fingerprint density at radius 1 is 0.569 bits per heavy atom. The fraction of sp³-hybridized carbons (Fsp3) is 0.409. The van der Waals surface area contributed by atoms with Crippen LogP contribution in [-0.2, 0) is 19.1 Å². The SMILES string of the molecule is C=C(C)C(=O)OC(CCCCCC)COc1c2ccccc2c(OCC(CCCCCC)OC(=O)C(=C)C)c2cc(Oc3ccccc3)ccc12. The highest BCUT2D eigenvalue weighted by Gasteiger charge is 2.23. The van der Waals surface area contributed by atoms with Crippen LogP contribution >= 0.6 is 0 Å². The Kier molecular flexibility index (Phi) is 15.4. The van der Waals surface area contributed by atoms with Gasteiger partial charge in [-0.3, -0.25) is 0 Å². The molecule has 0 aliphatic rings. The molecule has 2 atom stereocenters. The van der Waals surface area contributed by atoms with Crippen molar-refractivity contribution in [3.05, 3.63) is 97.1 Å². The Bertz CT molecular complexity index is 1760. The molecule has 0 heterocycles. The van der Waals surface area contributed by atoms with Gasteiger partial charge in [-0.2, -0.15) is 0 Å². The van der Waals surface area contributed by atoms with Gasteiger partial charge in [0.1, 0.15) is 48.4 Å². The first kappa shape index (κ1) is 39.0. The van der Waals surface area contributed by atoms with E-state index in [2.05, 4.69) is 27.0 Å². The molecule has 0 fully saturated rings. The number of rotatable bonds is 22. The summed E-state index contributed by atoms with van der Waals surface area (Å²) in [4.78, 5) is 25.2. The quantitative estimate of drug-likeness (QED) is 0.0350. The van der Waals surface area contributed by atoms with Crippen molar-refractivity contribution in [3.8, 4) is 23.0 Å². The molecule has 272 valence electrons. The van der Waals surface area contributed by atoms with Crippen molar-refractivity contribution in [2.75, 3.05) is 13.2 Å². The molecule has 0 aromatic heterocycles. The Morgan fingerprint density at radius 3 is 1.53 bits per heavy atom. The lowest BCUT2D eigenvalue weighted by molar-refractivity contribution is -0.147. The van der Waals surface area contributed by atoms with Crippen molar-refractivity contribution in [3.63, 3.8) is 0 Å². The summed E-state index contributed by atoms with van der Waals surface area (Å²) in [5, 5.41) is 3.29. The summed E-state index contributed by atoms with van der Waals surface area (Å²) in [6.45, 7) is 15.6. The number of benzene rings is 4. The molecule has 0 aliphatic heterocycles. The van der Waals surface area contributed by atoms with Crippen molar-refractivity contribution < 1.29 is 33.3 Å². The van der Waals surface area contributed by atoms with Gasteiger partial charge >= 0.3 is 11.9 Å². The summed E-state index contributed by atoms with van der Waals surface area (Å²) < 4.78 is 31.3. The third kappa shape index (κ3) is 11.6. The number of hydrogen-bond donors (Lipinski definition) is 0. The molecule has 0 bridgehead atoms. The second-order valence-electron chi connectivity index (χ2n) is 13.3. The Labute approximate surface area is 303 Å². The number of fused-ring (bicyclic) bond motifs is 2. The van der Waals surface area contributed by atoms with Crippen LogP contribution in [0.4, 0.5) is 0 Å². The van der Waals surface area contributed by atoms with Gasteiger partial charge in [-0.25, -0.2) is 9.59 Å². The maximum absolute atomic E-state index is 12.6. The van der Waals surface area contributed by atoms with Crippen molar-refractivity contribution in [2.24, 2.45) is 0 Å². The molecule has 4 aromatic carbocycles. The summed E-state index contributed by atoms with van der Waals surface area (Å²) in [6, 6.07) is 23.4. The average molecular weight is 695 g/mol. The molecule has 2 unspecified atom stereocenters. The van der Waals surface area contributed by atoms with Crippen molar-refractivity contribution >= 4 is 33.5 Å². The molecule has 4 rings (SSSR count). The van der Waals surface area contributed by atoms with E-state index >= 15 is 0 Å². The third-order valence-corrected chi connectivity index (χ3v) is 8.71. The van der Waals surface area contributed by atoms with Gasteiger partial charge in [0.25, 0.3) is 0 Å². The molecule has 0 aliphatic carbocycles. The van der Waals surface area contributed by atoms with E-state index in [0.29, 0.717) is 47.0 Å². The topological polar surface area (TPSA) is 80.3 Å². The normalized spacial score (nSPS) is 12.2. The van der Waals surface area contributed by atoms with Gasteiger partial charge in [-0.15, -0.1) is 0 Å². The van der Waals surface area contributed by atoms with Crippen LogP contribution in [0.15, 0.2) is 97.1 Å². The lowest BCUT2D eigenvalue weighted by atomic mass is 10.00. The highest BCUT2D eigenvalue weighted by molar-refractivity contribution is 6.11. The minimum absolute atomic E-state index is 0.172. The van der Waals surface area contributed by atoms with Gasteiger partial charge in [-0.1, -0.05) is 108 Å². The number of hydrogen-bond acceptors (Lipinski definition) is 7. The van der Waals surface area contributed by atoms with Crippen molar-refractivity contribution in [1.82, 2.24) is 0 Å². The van der Waals surface area contributed by atoms with Crippen molar-refractivity contribution in [1.29, 1.82) is 0 Å². The Morgan fingerprint density at radius 2 is 1.04 bits per heavy atom. The summed E-state index contributed by atoms with van der Waals surface area (Å²) in [7, 11) is 0. The number of carbonyl (C=O) groups excluding carboxylic acids is 2. The fourth-order valence-electron chi connectivity index (χ4n) is 5.88. The van der Waals surface area contributed by atoms with Crippen LogP contribution in [0.3, 0.4) is 0 Å². The van der Waals surface area contributed by atoms with Gasteiger partial charge in [0.15, 0.2) is 0 Å². The monoisotopic (exact) mass is 694 g/mol. The zero-order valence-corrected chi connectivity index (χ0v) is 30.8. The first-order chi connectivity index (χ1) is 24.7. The standard InChI is InChI=1S/C44H54O7/c1-7-9-11-14-22-35(50-43(45)31(3)4)29-47-41-37-24-18-19-25-38(37)42(48-30-36(23-15-12-10-8-2)51-44(46)32(5)6)40-28-34(26-27-39(40)41)49-33-20-16-13-17-21-33/h13,16-21,24-28,35-36H,3,5,7-12,14-15,22-23,29-30H2,1-2,4,6H3. The Hall–Kier alpha value is -4.78. The molecule has 0 radical (unpaired) electrons. The summed E-state index contributed by atoms with van der Waals surface area (Å²) in [5.41, 5.74) is 0.709. The molecule has 7 nitrogen and oxygen atoms in total. The van der Waals surface area contributed by atoms with Gasteiger partial charge in [0, 0.05) is 32.7 Å². The number of esters is 2. The van der Waals surface area contributed by atoms with Gasteiger partial charge in [0.05, 0.1) is 0 Å². The number of para-hydroxylation sites is 1. The van der Waals surface area contributed by atoms with E-state index in [1.807, 2.05) is 72.8 Å². The highest BCUT2D eigenvalue weighted by atomic mass is 16.6. The summed E-state index contributed by atoms with van der Waals surface area (Å²) >= 11 is 0. The number of ether oxygens (including phenoxy) is 5. The van der Waals surface area contributed by atoms with Crippen LogP contribution in [0, 0.1) is 0 Å². The molecule has 0 amide bonds. The first-order valence-electron chi connectivity index (χ1n) is 18.4. The molecule has 7 heteroatoms. The van der Waals surface area contributed by atoms with E-state index in [4.69, 9.17) is 23.7 Å². The molecule has 0 N–H and O–H groups in total. The smallest absolute Gasteiger partial charge is 0.333 e. The van der Waals surface area contributed by atoms with Crippen LogP contribution in [0.25, 0.3) is 21.5 Å². The minimum Gasteiger partial charge on any atom is -0.488 e. The summed E-state index contributed by atoms with van der Waals surface area (Å²) in [6.07, 6.45) is 8.91. The fourth-order valence-corrected chi connectivity index (χ4v) is 5.88. The largest absolute Gasteiger partial charge is 0.488 e. The predicted molar refractivity (Wildman–Crippen MR) is 206 cm³/mol. The van der Waals surface area contributed by atoms with Crippen LogP contribution in [0.2, 0.25) is 0 Å². The molecule has 0 spiro atoms. The maximum atomic E-state index is 12.6. The van der Waals surface area contributed by atoms with E-state index < -0.39 is 24.1 Å². The van der Waals surface area contributed by atoms with Crippen molar-refractivity contribution in [2.45, 2.75) is 104 Å². The zero-order chi connectivity index (χ0) is 36.6. The molecular weight excluding hydrogens is 640 g/mol. The zero-order valence-electron chi connectivity index (χ0n) is 30.8.